The van der Waals surface area contributed by atoms with E-state index >= 15 is 0 Å². The van der Waals surface area contributed by atoms with Gasteiger partial charge in [0.2, 0.25) is 5.82 Å². The largest absolute Gasteiger partial charge is 0.334 e. The minimum absolute atomic E-state index is 0.152. The topological polar surface area (TPSA) is 71.3 Å². The summed E-state index contributed by atoms with van der Waals surface area (Å²) in [7, 11) is 0. The molecule has 182 valence electrons. The van der Waals surface area contributed by atoms with E-state index in [9.17, 15) is 4.79 Å². The highest BCUT2D eigenvalue weighted by Crippen LogP contribution is 2.38. The quantitative estimate of drug-likeness (QED) is 0.348. The van der Waals surface area contributed by atoms with Crippen molar-refractivity contribution in [2.45, 2.75) is 47.2 Å². The molecule has 1 N–H and O–H groups in total. The van der Waals surface area contributed by atoms with Gasteiger partial charge in [-0.3, -0.25) is 4.90 Å². The molecule has 0 aliphatic carbocycles. The maximum absolute atomic E-state index is 13.4. The van der Waals surface area contributed by atoms with Crippen molar-refractivity contribution in [2.75, 3.05) is 0 Å². The zero-order valence-corrected chi connectivity index (χ0v) is 21.3. The number of carbonyl (C=O) groups is 1. The van der Waals surface area contributed by atoms with Crippen LogP contribution < -0.4 is 5.32 Å². The minimum Gasteiger partial charge on any atom is -0.334 e. The summed E-state index contributed by atoms with van der Waals surface area (Å²) in [6.45, 7) is 10.7. The Morgan fingerprint density at radius 1 is 0.889 bits per heavy atom. The van der Waals surface area contributed by atoms with Gasteiger partial charge in [-0.1, -0.05) is 71.4 Å². The van der Waals surface area contributed by atoms with E-state index in [1.165, 1.54) is 5.56 Å². The number of aryl methyl sites for hydroxylation is 4. The van der Waals surface area contributed by atoms with E-state index in [1.807, 2.05) is 56.3 Å². The SMILES string of the molecule is CC1=C(c2nc(-c3cccc(C)c3)no2)C(c2ccc(C)c(C)c2)NC(=O)N1Cc1ccccc1C. The summed E-state index contributed by atoms with van der Waals surface area (Å²) >= 11 is 0. The van der Waals surface area contributed by atoms with E-state index in [0.717, 1.165) is 44.7 Å². The molecule has 1 aliphatic rings. The number of aromatic nitrogens is 2. The monoisotopic (exact) mass is 478 g/mol. The van der Waals surface area contributed by atoms with E-state index in [4.69, 9.17) is 9.51 Å². The van der Waals surface area contributed by atoms with Crippen molar-refractivity contribution < 1.29 is 9.32 Å². The number of allylic oxidation sites excluding steroid dienone is 1. The molecule has 1 aromatic heterocycles. The molecule has 0 spiro atoms. The number of hydrogen-bond donors (Lipinski definition) is 1. The first-order chi connectivity index (χ1) is 17.3. The van der Waals surface area contributed by atoms with Crippen LogP contribution in [0.25, 0.3) is 17.0 Å². The predicted molar refractivity (Wildman–Crippen MR) is 141 cm³/mol. The Morgan fingerprint density at radius 2 is 1.69 bits per heavy atom. The summed E-state index contributed by atoms with van der Waals surface area (Å²) < 4.78 is 5.84. The average Bonchev–Trinajstić information content (AvgIpc) is 3.34. The summed E-state index contributed by atoms with van der Waals surface area (Å²) in [6.07, 6.45) is 0. The third-order valence-electron chi connectivity index (χ3n) is 6.98. The van der Waals surface area contributed by atoms with Crippen molar-refractivity contribution in [3.63, 3.8) is 0 Å². The second kappa shape index (κ2) is 9.46. The number of hydrogen-bond acceptors (Lipinski definition) is 4. The average molecular weight is 479 g/mol. The molecule has 2 amide bonds. The molecular weight excluding hydrogens is 448 g/mol. The van der Waals surface area contributed by atoms with Gasteiger partial charge in [-0.2, -0.15) is 4.98 Å². The van der Waals surface area contributed by atoms with Crippen molar-refractivity contribution >= 4 is 11.6 Å². The van der Waals surface area contributed by atoms with Gasteiger partial charge in [-0.05, 0) is 68.5 Å². The van der Waals surface area contributed by atoms with Crippen LogP contribution in [-0.4, -0.2) is 21.1 Å². The normalized spacial score (nSPS) is 15.9. The van der Waals surface area contributed by atoms with Gasteiger partial charge in [0.25, 0.3) is 5.89 Å². The summed E-state index contributed by atoms with van der Waals surface area (Å²) in [5.74, 6) is 0.928. The van der Waals surface area contributed by atoms with E-state index in [-0.39, 0.29) is 6.03 Å². The van der Waals surface area contributed by atoms with Gasteiger partial charge in [0, 0.05) is 11.3 Å². The number of amides is 2. The predicted octanol–water partition coefficient (Wildman–Crippen LogP) is 6.67. The summed E-state index contributed by atoms with van der Waals surface area (Å²) in [5.41, 5.74) is 9.17. The van der Waals surface area contributed by atoms with Crippen molar-refractivity contribution in [3.8, 4) is 11.4 Å². The molecule has 1 aliphatic heterocycles. The van der Waals surface area contributed by atoms with Gasteiger partial charge in [0.05, 0.1) is 18.2 Å². The third kappa shape index (κ3) is 4.42. The van der Waals surface area contributed by atoms with Crippen LogP contribution in [-0.2, 0) is 6.54 Å². The molecule has 1 atom stereocenters. The molecule has 1 unspecified atom stereocenters. The highest BCUT2D eigenvalue weighted by atomic mass is 16.5. The fourth-order valence-corrected chi connectivity index (χ4v) is 4.64. The van der Waals surface area contributed by atoms with Crippen molar-refractivity contribution in [1.29, 1.82) is 0 Å². The highest BCUT2D eigenvalue weighted by molar-refractivity contribution is 5.87. The molecule has 0 saturated heterocycles. The second-order valence-corrected chi connectivity index (χ2v) is 9.53. The van der Waals surface area contributed by atoms with Crippen molar-refractivity contribution in [2.24, 2.45) is 0 Å². The molecule has 0 saturated carbocycles. The maximum Gasteiger partial charge on any atom is 0.322 e. The van der Waals surface area contributed by atoms with Crippen LogP contribution in [0.4, 0.5) is 4.79 Å². The lowest BCUT2D eigenvalue weighted by molar-refractivity contribution is 0.203. The molecule has 4 aromatic rings. The summed E-state index contributed by atoms with van der Waals surface area (Å²) in [5, 5.41) is 7.50. The van der Waals surface area contributed by atoms with Crippen LogP contribution >= 0.6 is 0 Å². The molecule has 36 heavy (non-hydrogen) atoms. The van der Waals surface area contributed by atoms with E-state index in [1.54, 1.807) is 4.90 Å². The number of urea groups is 1. The van der Waals surface area contributed by atoms with Crippen LogP contribution in [0.1, 0.15) is 52.2 Å². The third-order valence-corrected chi connectivity index (χ3v) is 6.98. The van der Waals surface area contributed by atoms with Gasteiger partial charge in [0.1, 0.15) is 0 Å². The van der Waals surface area contributed by atoms with Crippen LogP contribution in [0.2, 0.25) is 0 Å². The van der Waals surface area contributed by atoms with Crippen LogP contribution in [0.3, 0.4) is 0 Å². The Hall–Kier alpha value is -4.19. The van der Waals surface area contributed by atoms with E-state index < -0.39 is 6.04 Å². The zero-order chi connectivity index (χ0) is 25.4. The lowest BCUT2D eigenvalue weighted by Crippen LogP contribution is -2.45. The van der Waals surface area contributed by atoms with Gasteiger partial charge in [0.15, 0.2) is 0 Å². The molecule has 5 rings (SSSR count). The van der Waals surface area contributed by atoms with Crippen molar-refractivity contribution in [1.82, 2.24) is 20.4 Å². The van der Waals surface area contributed by atoms with Gasteiger partial charge < -0.3 is 9.84 Å². The van der Waals surface area contributed by atoms with E-state index in [2.05, 4.69) is 55.5 Å². The molecule has 0 fully saturated rings. The van der Waals surface area contributed by atoms with E-state index in [0.29, 0.717) is 18.3 Å². The minimum atomic E-state index is -0.407. The van der Waals surface area contributed by atoms with Gasteiger partial charge in [-0.25, -0.2) is 4.79 Å². The van der Waals surface area contributed by atoms with Gasteiger partial charge in [-0.15, -0.1) is 0 Å². The number of benzene rings is 3. The number of rotatable bonds is 5. The maximum atomic E-state index is 13.4. The van der Waals surface area contributed by atoms with Gasteiger partial charge >= 0.3 is 6.03 Å². The number of carbonyl (C=O) groups excluding carboxylic acids is 1. The molecule has 0 radical (unpaired) electrons. The first-order valence-corrected chi connectivity index (χ1v) is 12.1. The molecule has 2 heterocycles. The molecule has 6 heteroatoms. The summed E-state index contributed by atoms with van der Waals surface area (Å²) in [6, 6.07) is 21.8. The van der Waals surface area contributed by atoms with Crippen LogP contribution in [0, 0.1) is 27.7 Å². The first-order valence-electron chi connectivity index (χ1n) is 12.1. The highest BCUT2D eigenvalue weighted by Gasteiger charge is 2.36. The standard InChI is InChI=1S/C30H30N4O2/c1-18-9-8-12-24(15-18)28-32-29(36-33-28)26-22(5)34(17-25-11-7-6-10-20(25)3)30(35)31-27(26)23-14-13-19(2)21(4)16-23/h6-16,27H,17H2,1-5H3,(H,31,35). The first kappa shape index (κ1) is 23.5. The zero-order valence-electron chi connectivity index (χ0n) is 21.3. The lowest BCUT2D eigenvalue weighted by atomic mass is 9.92. The Balaban J connectivity index is 1.62. The number of nitrogens with zero attached hydrogens (tertiary/aromatic N) is 3. The molecule has 6 nitrogen and oxygen atoms in total. The Morgan fingerprint density at radius 3 is 2.44 bits per heavy atom. The van der Waals surface area contributed by atoms with Crippen LogP contribution in [0.5, 0.6) is 0 Å². The molecule has 3 aromatic carbocycles. The second-order valence-electron chi connectivity index (χ2n) is 9.53. The summed E-state index contributed by atoms with van der Waals surface area (Å²) in [4.78, 5) is 19.9. The molecule has 0 bridgehead atoms. The fourth-order valence-electron chi connectivity index (χ4n) is 4.64. The fraction of sp³-hybridized carbons (Fsp3) is 0.233. The number of nitrogens with one attached hydrogen (secondary N) is 1. The smallest absolute Gasteiger partial charge is 0.322 e. The lowest BCUT2D eigenvalue weighted by Gasteiger charge is -2.35. The Bertz CT molecular complexity index is 1480. The Kier molecular flexibility index (Phi) is 6.18. The van der Waals surface area contributed by atoms with Crippen molar-refractivity contribution in [3.05, 3.63) is 112 Å². The molecular formula is C30H30N4O2. The Labute approximate surface area is 211 Å². The van der Waals surface area contributed by atoms with Crippen LogP contribution in [0.15, 0.2) is 77.0 Å².